The van der Waals surface area contributed by atoms with Gasteiger partial charge in [0.15, 0.2) is 0 Å². The molecule has 4 heteroatoms. The molecule has 3 rings (SSSR count). The van der Waals surface area contributed by atoms with Crippen LogP contribution in [0, 0.1) is 21.7 Å². The van der Waals surface area contributed by atoms with Crippen molar-refractivity contribution < 1.29 is 9.90 Å². The summed E-state index contributed by atoms with van der Waals surface area (Å²) in [6.07, 6.45) is 14.4. The zero-order valence-electron chi connectivity index (χ0n) is 28.4. The first-order valence-corrected chi connectivity index (χ1v) is 17.2. The van der Waals surface area contributed by atoms with Crippen LogP contribution in [0.5, 0.6) is 0 Å². The van der Waals surface area contributed by atoms with Gasteiger partial charge in [0.1, 0.15) is 5.76 Å². The number of Topliss-reactive ketones (excluding diaryl/α,β-unsaturated/α-hetero) is 1. The molecule has 1 aliphatic carbocycles. The van der Waals surface area contributed by atoms with E-state index in [2.05, 4.69) is 107 Å². The number of hydrogen-bond donors (Lipinski definition) is 1. The molecule has 0 spiro atoms. The molecule has 1 aromatic rings. The maximum absolute atomic E-state index is 13.4. The van der Waals surface area contributed by atoms with Gasteiger partial charge < -0.3 is 5.11 Å². The highest BCUT2D eigenvalue weighted by Gasteiger charge is 2.33. The molecular formula is C38H55O2S2+. The van der Waals surface area contributed by atoms with Crippen molar-refractivity contribution in [3.05, 3.63) is 78.0 Å². The van der Waals surface area contributed by atoms with Gasteiger partial charge >= 0.3 is 0 Å². The van der Waals surface area contributed by atoms with Gasteiger partial charge in [0, 0.05) is 25.0 Å². The molecule has 0 fully saturated rings. The van der Waals surface area contributed by atoms with Crippen LogP contribution in [-0.4, -0.2) is 10.9 Å². The van der Waals surface area contributed by atoms with Crippen LogP contribution in [-0.2, 0) is 17.6 Å². The Morgan fingerprint density at radius 3 is 1.81 bits per heavy atom. The Balaban J connectivity index is 1.95. The van der Waals surface area contributed by atoms with E-state index >= 15 is 0 Å². The van der Waals surface area contributed by atoms with E-state index in [1.165, 1.54) is 19.6 Å². The number of rotatable bonds is 8. The molecule has 2 heterocycles. The Hall–Kier alpha value is -1.91. The number of ketones is 1. The van der Waals surface area contributed by atoms with Gasteiger partial charge in [0.2, 0.25) is 26.9 Å². The molecule has 0 radical (unpaired) electrons. The van der Waals surface area contributed by atoms with Crippen LogP contribution >= 0.6 is 23.1 Å². The lowest BCUT2D eigenvalue weighted by Gasteiger charge is -2.26. The molecule has 0 saturated carbocycles. The zero-order valence-corrected chi connectivity index (χ0v) is 30.0. The molecule has 0 unspecified atom stereocenters. The molecule has 0 amide bonds. The molecule has 2 aliphatic rings. The Labute approximate surface area is 265 Å². The summed E-state index contributed by atoms with van der Waals surface area (Å²) in [6.45, 7) is 27.2. The first-order chi connectivity index (χ1) is 19.1. The molecule has 0 bridgehead atoms. The quantitative estimate of drug-likeness (QED) is 0.236. The van der Waals surface area contributed by atoms with Gasteiger partial charge in [0.25, 0.3) is 0 Å². The second-order valence-corrected chi connectivity index (χ2v) is 19.5. The number of hydrogen-bond acceptors (Lipinski definition) is 3. The fourth-order valence-electron chi connectivity index (χ4n) is 4.95. The van der Waals surface area contributed by atoms with Crippen LogP contribution in [0.15, 0.2) is 62.6 Å². The number of aryl methyl sites for hydroxylation is 1. The summed E-state index contributed by atoms with van der Waals surface area (Å²) in [7, 11) is 0. The minimum Gasteiger partial charge on any atom is -0.506 e. The van der Waals surface area contributed by atoms with Crippen LogP contribution < -0.4 is 0 Å². The summed E-state index contributed by atoms with van der Waals surface area (Å²) < 4.78 is 0. The van der Waals surface area contributed by atoms with Crippen LogP contribution in [0.2, 0.25) is 0 Å². The van der Waals surface area contributed by atoms with Gasteiger partial charge in [-0.2, -0.15) is 0 Å². The van der Waals surface area contributed by atoms with Gasteiger partial charge in [0.05, 0.1) is 11.1 Å². The SMILES string of the molecule is CC(C)(C)CCC1=CC(=CC2=C(O)C(=Cc3cc(CCC(C)(C)C)[s+]c(CC(C)(C)C)c3)C2=O)C=C(CC(C)(C)C)S1. The van der Waals surface area contributed by atoms with Crippen LogP contribution in [0.3, 0.4) is 0 Å². The average Bonchev–Trinajstić information content (AvgIpc) is 2.80. The van der Waals surface area contributed by atoms with Crippen molar-refractivity contribution in [2.45, 2.75) is 122 Å². The largest absolute Gasteiger partial charge is 0.506 e. The topological polar surface area (TPSA) is 37.3 Å². The van der Waals surface area contributed by atoms with Gasteiger partial charge in [-0.25, -0.2) is 0 Å². The molecular weight excluding hydrogens is 553 g/mol. The van der Waals surface area contributed by atoms with Crippen molar-refractivity contribution in [3.63, 3.8) is 0 Å². The second-order valence-electron chi connectivity index (χ2n) is 17.0. The van der Waals surface area contributed by atoms with Crippen LogP contribution in [0.1, 0.15) is 124 Å². The molecule has 0 atom stereocenters. The standard InChI is InChI=1S/C38H54O2S2/c1-35(2,3)15-13-27-17-25(19-29(41-27)23-37(7,8)9)21-31-33(39)32(34(31)40)22-26-18-28(14-16-36(4,5)6)42-30(20-26)24-38(10,11)12/h17-22H,13-16,23-24H2,1-12H3/p+1. The highest BCUT2D eigenvalue weighted by Crippen LogP contribution is 2.43. The summed E-state index contributed by atoms with van der Waals surface area (Å²) in [5.41, 5.74) is 3.72. The van der Waals surface area contributed by atoms with Crippen molar-refractivity contribution in [1.29, 1.82) is 0 Å². The monoisotopic (exact) mass is 607 g/mol. The lowest BCUT2D eigenvalue weighted by molar-refractivity contribution is -0.113. The summed E-state index contributed by atoms with van der Waals surface area (Å²) >= 11 is 3.76. The fraction of sp³-hybridized carbons (Fsp3) is 0.579. The number of aliphatic hydroxyl groups excluding tert-OH is 1. The van der Waals surface area contributed by atoms with Crippen molar-refractivity contribution in [1.82, 2.24) is 0 Å². The van der Waals surface area contributed by atoms with Gasteiger partial charge in [-0.3, -0.25) is 4.79 Å². The van der Waals surface area contributed by atoms with E-state index in [1.807, 2.05) is 35.3 Å². The normalized spacial score (nSPS) is 18.9. The van der Waals surface area contributed by atoms with E-state index in [0.29, 0.717) is 11.1 Å². The van der Waals surface area contributed by atoms with E-state index in [1.54, 1.807) is 0 Å². The fourth-order valence-corrected chi connectivity index (χ4v) is 7.83. The molecule has 0 aromatic carbocycles. The minimum absolute atomic E-state index is 0.0743. The minimum atomic E-state index is -0.0743. The number of carbonyl (C=O) groups excluding carboxylic acids is 1. The van der Waals surface area contributed by atoms with Gasteiger partial charge in [-0.1, -0.05) is 94.8 Å². The predicted molar refractivity (Wildman–Crippen MR) is 187 cm³/mol. The smallest absolute Gasteiger partial charge is 0.218 e. The Morgan fingerprint density at radius 1 is 0.714 bits per heavy atom. The third kappa shape index (κ3) is 11.3. The third-order valence-electron chi connectivity index (χ3n) is 7.11. The summed E-state index contributed by atoms with van der Waals surface area (Å²) in [5, 5.41) is 11.1. The number of allylic oxidation sites excluding steroid dienone is 8. The summed E-state index contributed by atoms with van der Waals surface area (Å²) in [5.74, 6) is 0.0389. The van der Waals surface area contributed by atoms with E-state index in [-0.39, 0.29) is 33.2 Å². The summed E-state index contributed by atoms with van der Waals surface area (Å²) in [4.78, 5) is 18.7. The molecule has 1 N–H and O–H groups in total. The molecule has 230 valence electrons. The summed E-state index contributed by atoms with van der Waals surface area (Å²) in [6, 6.07) is 4.40. The van der Waals surface area contributed by atoms with Crippen molar-refractivity contribution in [2.75, 3.05) is 0 Å². The molecule has 1 aliphatic heterocycles. The van der Waals surface area contributed by atoms with E-state index in [9.17, 15) is 9.90 Å². The van der Waals surface area contributed by atoms with Crippen molar-refractivity contribution in [2.24, 2.45) is 21.7 Å². The second kappa shape index (κ2) is 13.0. The lowest BCUT2D eigenvalue weighted by Crippen LogP contribution is -2.21. The third-order valence-corrected chi connectivity index (χ3v) is 9.33. The van der Waals surface area contributed by atoms with Crippen molar-refractivity contribution >= 4 is 35.0 Å². The predicted octanol–water partition coefficient (Wildman–Crippen LogP) is 12.1. The average molecular weight is 608 g/mol. The molecule has 42 heavy (non-hydrogen) atoms. The van der Waals surface area contributed by atoms with E-state index in [0.717, 1.165) is 49.7 Å². The maximum Gasteiger partial charge on any atom is 0.218 e. The maximum atomic E-state index is 13.4. The Bertz CT molecular complexity index is 1340. The molecule has 2 nitrogen and oxygen atoms in total. The van der Waals surface area contributed by atoms with Crippen molar-refractivity contribution in [3.8, 4) is 0 Å². The number of carbonyl (C=O) groups is 1. The van der Waals surface area contributed by atoms with Gasteiger partial charge in [-0.15, -0.1) is 0 Å². The number of thioether (sulfide) groups is 1. The molecule has 0 saturated heterocycles. The van der Waals surface area contributed by atoms with Crippen LogP contribution in [0.4, 0.5) is 0 Å². The highest BCUT2D eigenvalue weighted by atomic mass is 32.2. The first kappa shape index (κ1) is 34.6. The molecule has 1 aromatic heterocycles. The van der Waals surface area contributed by atoms with Crippen LogP contribution in [0.25, 0.3) is 6.08 Å². The van der Waals surface area contributed by atoms with E-state index < -0.39 is 0 Å². The highest BCUT2D eigenvalue weighted by molar-refractivity contribution is 8.06. The lowest BCUT2D eigenvalue weighted by atomic mass is 9.85. The first-order valence-electron chi connectivity index (χ1n) is 15.5. The Morgan fingerprint density at radius 2 is 1.26 bits per heavy atom. The van der Waals surface area contributed by atoms with Gasteiger partial charge in [-0.05, 0) is 92.6 Å². The zero-order chi connectivity index (χ0) is 31.7. The number of aliphatic hydroxyl groups is 1. The Kier molecular flexibility index (Phi) is 10.7. The van der Waals surface area contributed by atoms with E-state index in [4.69, 9.17) is 0 Å².